The number of aromatic nitrogens is 1. The van der Waals surface area contributed by atoms with Gasteiger partial charge in [0.25, 0.3) is 5.56 Å². The van der Waals surface area contributed by atoms with Gasteiger partial charge in [-0.1, -0.05) is 25.1 Å². The lowest BCUT2D eigenvalue weighted by Gasteiger charge is -2.17. The molecule has 2 fully saturated rings. The van der Waals surface area contributed by atoms with Crippen LogP contribution in [0.15, 0.2) is 35.1 Å². The van der Waals surface area contributed by atoms with Crippen LogP contribution >= 0.6 is 0 Å². The Morgan fingerprint density at radius 3 is 2.88 bits per heavy atom. The van der Waals surface area contributed by atoms with E-state index in [-0.39, 0.29) is 17.5 Å². The van der Waals surface area contributed by atoms with Crippen LogP contribution in [-0.4, -0.2) is 41.0 Å². The number of likely N-dealkylation sites (tertiary alicyclic amines) is 1. The van der Waals surface area contributed by atoms with Gasteiger partial charge in [0.1, 0.15) is 0 Å². The Morgan fingerprint density at radius 2 is 2.08 bits per heavy atom. The van der Waals surface area contributed by atoms with Gasteiger partial charge in [-0.15, -0.1) is 0 Å². The first-order valence-corrected chi connectivity index (χ1v) is 9.24. The van der Waals surface area contributed by atoms with Crippen LogP contribution in [0.3, 0.4) is 0 Å². The number of para-hydroxylation sites is 1. The summed E-state index contributed by atoms with van der Waals surface area (Å²) in [5, 5.41) is 4.18. The molecule has 2 aromatic rings. The first kappa shape index (κ1) is 16.3. The molecule has 4 rings (SSSR count). The number of carbonyl (C=O) groups excluding carboxylic acids is 1. The van der Waals surface area contributed by atoms with Crippen molar-refractivity contribution >= 4 is 16.8 Å². The van der Waals surface area contributed by atoms with Crippen molar-refractivity contribution in [3.63, 3.8) is 0 Å². The Balaban J connectivity index is 1.35. The number of pyridine rings is 1. The minimum absolute atomic E-state index is 0.0436. The largest absolute Gasteiger partial charge is 0.352 e. The maximum absolute atomic E-state index is 12.3. The maximum atomic E-state index is 12.3. The number of carbonyl (C=O) groups is 1. The molecule has 1 aliphatic heterocycles. The zero-order chi connectivity index (χ0) is 17.4. The maximum Gasteiger partial charge on any atom is 0.251 e. The van der Waals surface area contributed by atoms with E-state index in [0.717, 1.165) is 30.0 Å². The van der Waals surface area contributed by atoms with Gasteiger partial charge in [-0.05, 0) is 42.7 Å². The van der Waals surface area contributed by atoms with Gasteiger partial charge in [0.2, 0.25) is 5.91 Å². The average molecular weight is 339 g/mol. The Bertz CT molecular complexity index is 840. The summed E-state index contributed by atoms with van der Waals surface area (Å²) in [5.74, 6) is 0.538. The number of aryl methyl sites for hydroxylation is 1. The molecule has 2 unspecified atom stereocenters. The molecular formula is C20H25N3O2. The minimum Gasteiger partial charge on any atom is -0.352 e. The second-order valence-electron chi connectivity index (χ2n) is 7.55. The van der Waals surface area contributed by atoms with Crippen LogP contribution in [0.2, 0.25) is 0 Å². The molecule has 1 saturated carbocycles. The Morgan fingerprint density at radius 1 is 1.28 bits per heavy atom. The number of rotatable bonds is 5. The molecule has 0 spiro atoms. The normalized spacial score (nSPS) is 23.9. The molecule has 2 atom stereocenters. The molecule has 2 N–H and O–H groups in total. The van der Waals surface area contributed by atoms with Crippen molar-refractivity contribution in [3.8, 4) is 0 Å². The second-order valence-corrected chi connectivity index (χ2v) is 7.55. The van der Waals surface area contributed by atoms with E-state index >= 15 is 0 Å². The quantitative estimate of drug-likeness (QED) is 0.876. The lowest BCUT2D eigenvalue weighted by Crippen LogP contribution is -2.40. The molecule has 0 radical (unpaired) electrons. The predicted octanol–water partition coefficient (Wildman–Crippen LogP) is 2.06. The average Bonchev–Trinajstić information content (AvgIpc) is 3.38. The number of hydrogen-bond acceptors (Lipinski definition) is 3. The summed E-state index contributed by atoms with van der Waals surface area (Å²) in [7, 11) is 0. The summed E-state index contributed by atoms with van der Waals surface area (Å²) < 4.78 is 0. The summed E-state index contributed by atoms with van der Waals surface area (Å²) >= 11 is 0. The van der Waals surface area contributed by atoms with Crippen molar-refractivity contribution in [3.05, 3.63) is 46.2 Å². The van der Waals surface area contributed by atoms with E-state index in [1.54, 1.807) is 0 Å². The van der Waals surface area contributed by atoms with Crippen LogP contribution in [0.5, 0.6) is 0 Å². The van der Waals surface area contributed by atoms with Crippen LogP contribution < -0.4 is 10.9 Å². The third-order valence-corrected chi connectivity index (χ3v) is 5.50. The summed E-state index contributed by atoms with van der Waals surface area (Å²) in [5.41, 5.74) is 1.41. The predicted molar refractivity (Wildman–Crippen MR) is 98.6 cm³/mol. The van der Waals surface area contributed by atoms with E-state index < -0.39 is 0 Å². The summed E-state index contributed by atoms with van der Waals surface area (Å²) in [6, 6.07) is 10.6. The van der Waals surface area contributed by atoms with Crippen LogP contribution in [0, 0.1) is 5.92 Å². The molecule has 5 heteroatoms. The van der Waals surface area contributed by atoms with Crippen LogP contribution in [0.4, 0.5) is 0 Å². The van der Waals surface area contributed by atoms with Gasteiger partial charge in [0.05, 0.1) is 0 Å². The number of aromatic amines is 1. The highest BCUT2D eigenvalue weighted by atomic mass is 16.1. The van der Waals surface area contributed by atoms with Crippen LogP contribution in [0.1, 0.15) is 31.7 Å². The molecule has 1 aromatic carbocycles. The summed E-state index contributed by atoms with van der Waals surface area (Å²) in [4.78, 5) is 29.9. The van der Waals surface area contributed by atoms with E-state index in [2.05, 4.69) is 22.1 Å². The third-order valence-electron chi connectivity index (χ3n) is 5.50. The van der Waals surface area contributed by atoms with Gasteiger partial charge >= 0.3 is 0 Å². The van der Waals surface area contributed by atoms with Crippen LogP contribution in [0.25, 0.3) is 10.9 Å². The molecule has 1 amide bonds. The highest BCUT2D eigenvalue weighted by Crippen LogP contribution is 2.31. The fraction of sp³-hybridized carbons (Fsp3) is 0.500. The fourth-order valence-corrected chi connectivity index (χ4v) is 3.84. The van der Waals surface area contributed by atoms with E-state index in [1.165, 1.54) is 12.8 Å². The standard InChI is InChI=1S/C20H25N3O2/c1-13-11-23(16-7-8-16)12-18(13)21-19(24)9-6-15-10-14-4-2-3-5-17(14)22-20(15)25/h2-5,10,13,16,18H,6-9,11-12H2,1H3,(H,21,24)(H,22,25). The molecule has 1 aromatic heterocycles. The first-order chi connectivity index (χ1) is 12.1. The van der Waals surface area contributed by atoms with Gasteiger partial charge < -0.3 is 10.3 Å². The number of nitrogens with one attached hydrogen (secondary N) is 2. The van der Waals surface area contributed by atoms with Crippen molar-refractivity contribution in [2.24, 2.45) is 5.92 Å². The Hall–Kier alpha value is -2.14. The lowest BCUT2D eigenvalue weighted by atomic mass is 10.1. The third kappa shape index (κ3) is 3.61. The molecule has 2 heterocycles. The summed E-state index contributed by atoms with van der Waals surface area (Å²) in [6.07, 6.45) is 3.43. The number of hydrogen-bond donors (Lipinski definition) is 2. The van der Waals surface area contributed by atoms with Gasteiger partial charge in [-0.3, -0.25) is 14.5 Å². The molecule has 5 nitrogen and oxygen atoms in total. The van der Waals surface area contributed by atoms with Crippen molar-refractivity contribution in [2.75, 3.05) is 13.1 Å². The van der Waals surface area contributed by atoms with E-state index in [0.29, 0.717) is 24.3 Å². The van der Waals surface area contributed by atoms with Crippen molar-refractivity contribution < 1.29 is 4.79 Å². The zero-order valence-electron chi connectivity index (χ0n) is 14.6. The SMILES string of the molecule is CC1CN(C2CC2)CC1NC(=O)CCc1cc2ccccc2[nH]c1=O. The molecular weight excluding hydrogens is 314 g/mol. The van der Waals surface area contributed by atoms with Gasteiger partial charge in [0.15, 0.2) is 0 Å². The topological polar surface area (TPSA) is 65.2 Å². The highest BCUT2D eigenvalue weighted by molar-refractivity contribution is 5.79. The lowest BCUT2D eigenvalue weighted by molar-refractivity contribution is -0.121. The number of fused-ring (bicyclic) bond motifs is 1. The fourth-order valence-electron chi connectivity index (χ4n) is 3.84. The van der Waals surface area contributed by atoms with Crippen molar-refractivity contribution in [1.29, 1.82) is 0 Å². The Kier molecular flexibility index (Phi) is 4.34. The molecule has 1 aliphatic carbocycles. The van der Waals surface area contributed by atoms with Crippen molar-refractivity contribution in [1.82, 2.24) is 15.2 Å². The van der Waals surface area contributed by atoms with E-state index in [9.17, 15) is 9.59 Å². The molecule has 2 aliphatic rings. The van der Waals surface area contributed by atoms with E-state index in [4.69, 9.17) is 0 Å². The monoisotopic (exact) mass is 339 g/mol. The summed E-state index contributed by atoms with van der Waals surface area (Å²) in [6.45, 7) is 4.26. The number of amides is 1. The van der Waals surface area contributed by atoms with Gasteiger partial charge in [-0.2, -0.15) is 0 Å². The molecule has 0 bridgehead atoms. The molecule has 132 valence electrons. The van der Waals surface area contributed by atoms with E-state index in [1.807, 2.05) is 30.3 Å². The first-order valence-electron chi connectivity index (χ1n) is 9.24. The number of H-pyrrole nitrogens is 1. The van der Waals surface area contributed by atoms with Crippen molar-refractivity contribution in [2.45, 2.75) is 44.7 Å². The smallest absolute Gasteiger partial charge is 0.251 e. The highest BCUT2D eigenvalue weighted by Gasteiger charge is 2.38. The number of benzene rings is 1. The van der Waals surface area contributed by atoms with Gasteiger partial charge in [-0.25, -0.2) is 0 Å². The minimum atomic E-state index is -0.0966. The molecule has 25 heavy (non-hydrogen) atoms. The Labute approximate surface area is 147 Å². The van der Waals surface area contributed by atoms with Crippen LogP contribution in [-0.2, 0) is 11.2 Å². The number of nitrogens with zero attached hydrogens (tertiary/aromatic N) is 1. The molecule has 1 saturated heterocycles. The zero-order valence-corrected chi connectivity index (χ0v) is 14.6. The second kappa shape index (κ2) is 6.64. The van der Waals surface area contributed by atoms with Gasteiger partial charge in [0, 0.05) is 42.7 Å².